The van der Waals surface area contributed by atoms with E-state index in [0.29, 0.717) is 0 Å². The van der Waals surface area contributed by atoms with E-state index in [2.05, 4.69) is 32.2 Å². The molecule has 0 aromatic rings. The van der Waals surface area contributed by atoms with Crippen LogP contribution in [-0.4, -0.2) is 4.58 Å². The van der Waals surface area contributed by atoms with Gasteiger partial charge in [-0.05, 0) is 6.42 Å². The van der Waals surface area contributed by atoms with E-state index in [1.807, 2.05) is 0 Å². The highest BCUT2D eigenvalue weighted by molar-refractivity contribution is 7.99. The van der Waals surface area contributed by atoms with E-state index in [1.165, 1.54) is 186 Å². The molecule has 0 N–H and O–H groups in total. The smallest absolute Gasteiger partial charge is 0.0442 e. The van der Waals surface area contributed by atoms with Crippen LogP contribution < -0.4 is 0 Å². The maximum Gasteiger partial charge on any atom is 0.0442 e. The van der Waals surface area contributed by atoms with Crippen molar-refractivity contribution in [2.75, 3.05) is 0 Å². The Morgan fingerprint density at radius 1 is 0.294 bits per heavy atom. The predicted molar refractivity (Wildman–Crippen MR) is 166 cm³/mol. The highest BCUT2D eigenvalue weighted by Crippen LogP contribution is 2.17. The molecule has 0 radical (unpaired) electrons. The molecule has 0 bridgehead atoms. The SMILES string of the molecule is CCCCCCCCCCCCCCCCCCCCCCCCCCCCCCCC(S)S. The lowest BCUT2D eigenvalue weighted by Crippen LogP contribution is -1.87. The zero-order chi connectivity index (χ0) is 24.8. The van der Waals surface area contributed by atoms with Gasteiger partial charge in [0.2, 0.25) is 0 Å². The maximum atomic E-state index is 4.32. The van der Waals surface area contributed by atoms with Crippen molar-refractivity contribution >= 4 is 25.3 Å². The maximum absolute atomic E-state index is 4.32. The monoisotopic (exact) mass is 514 g/mol. The minimum Gasteiger partial charge on any atom is -0.165 e. The molecule has 0 spiro atoms. The van der Waals surface area contributed by atoms with E-state index in [9.17, 15) is 0 Å². The van der Waals surface area contributed by atoms with Crippen LogP contribution in [0.1, 0.15) is 200 Å². The highest BCUT2D eigenvalue weighted by Gasteiger charge is 1.98. The normalized spacial score (nSPS) is 11.6. The van der Waals surface area contributed by atoms with Crippen molar-refractivity contribution in [1.82, 2.24) is 0 Å². The molecule has 0 unspecified atom stereocenters. The van der Waals surface area contributed by atoms with E-state index in [1.54, 1.807) is 0 Å². The van der Waals surface area contributed by atoms with Gasteiger partial charge in [0, 0.05) is 4.58 Å². The van der Waals surface area contributed by atoms with Gasteiger partial charge in [-0.15, -0.1) is 0 Å². The molecular formula is C32H66S2. The molecule has 0 heterocycles. The first-order valence-corrected chi connectivity index (χ1v) is 17.2. The molecule has 0 saturated heterocycles. The second-order valence-electron chi connectivity index (χ2n) is 11.2. The second kappa shape index (κ2) is 31.7. The zero-order valence-electron chi connectivity index (χ0n) is 23.7. The molecule has 0 nitrogen and oxygen atoms in total. The van der Waals surface area contributed by atoms with Crippen LogP contribution in [0.2, 0.25) is 0 Å². The van der Waals surface area contributed by atoms with Gasteiger partial charge in [0.05, 0.1) is 0 Å². The Hall–Kier alpha value is 0.700. The first kappa shape index (κ1) is 34.7. The molecule has 0 fully saturated rings. The van der Waals surface area contributed by atoms with Gasteiger partial charge < -0.3 is 0 Å². The third-order valence-electron chi connectivity index (χ3n) is 7.57. The number of unbranched alkanes of at least 4 members (excludes halogenated alkanes) is 28. The second-order valence-corrected chi connectivity index (χ2v) is 12.8. The van der Waals surface area contributed by atoms with Crippen molar-refractivity contribution in [2.45, 2.75) is 204 Å². The average Bonchev–Trinajstić information content (AvgIpc) is 2.83. The van der Waals surface area contributed by atoms with Gasteiger partial charge in [0.25, 0.3) is 0 Å². The van der Waals surface area contributed by atoms with Crippen molar-refractivity contribution in [3.63, 3.8) is 0 Å². The fraction of sp³-hybridized carbons (Fsp3) is 1.00. The first-order valence-electron chi connectivity index (χ1n) is 16.1. The number of hydrogen-bond donors (Lipinski definition) is 2. The largest absolute Gasteiger partial charge is 0.165 e. The van der Waals surface area contributed by atoms with E-state index < -0.39 is 0 Å². The summed E-state index contributed by atoms with van der Waals surface area (Å²) in [5.41, 5.74) is 0. The number of rotatable bonds is 30. The molecule has 0 aliphatic rings. The van der Waals surface area contributed by atoms with E-state index in [-0.39, 0.29) is 4.58 Å². The first-order chi connectivity index (χ1) is 16.8. The molecule has 0 atom stereocenters. The lowest BCUT2D eigenvalue weighted by Gasteiger charge is -2.05. The van der Waals surface area contributed by atoms with Crippen LogP contribution in [0.4, 0.5) is 0 Å². The molecule has 0 amide bonds. The van der Waals surface area contributed by atoms with Gasteiger partial charge in [-0.25, -0.2) is 0 Å². The topological polar surface area (TPSA) is 0 Å². The molecule has 0 aromatic heterocycles. The van der Waals surface area contributed by atoms with E-state index in [0.717, 1.165) is 6.42 Å². The molecule has 0 saturated carbocycles. The zero-order valence-corrected chi connectivity index (χ0v) is 25.5. The van der Waals surface area contributed by atoms with Gasteiger partial charge in [0.1, 0.15) is 0 Å². The summed E-state index contributed by atoms with van der Waals surface area (Å²) < 4.78 is 0.286. The lowest BCUT2D eigenvalue weighted by molar-refractivity contribution is 0.513. The van der Waals surface area contributed by atoms with Gasteiger partial charge in [-0.2, -0.15) is 25.3 Å². The van der Waals surface area contributed by atoms with Crippen molar-refractivity contribution < 1.29 is 0 Å². The minimum absolute atomic E-state index is 0.286. The van der Waals surface area contributed by atoms with Crippen LogP contribution in [-0.2, 0) is 0 Å². The minimum atomic E-state index is 0.286. The van der Waals surface area contributed by atoms with Crippen molar-refractivity contribution in [1.29, 1.82) is 0 Å². The van der Waals surface area contributed by atoms with E-state index >= 15 is 0 Å². The third kappa shape index (κ3) is 32.7. The van der Waals surface area contributed by atoms with E-state index in [4.69, 9.17) is 0 Å². The molecule has 2 heteroatoms. The molecule has 0 aliphatic heterocycles. The quantitative estimate of drug-likeness (QED) is 0.0531. The van der Waals surface area contributed by atoms with Crippen LogP contribution in [0.3, 0.4) is 0 Å². The summed E-state index contributed by atoms with van der Waals surface area (Å²) in [6.07, 6.45) is 43.5. The number of hydrogen-bond acceptors (Lipinski definition) is 2. The van der Waals surface area contributed by atoms with Crippen LogP contribution >= 0.6 is 25.3 Å². The van der Waals surface area contributed by atoms with Crippen LogP contribution in [0.15, 0.2) is 0 Å². The average molecular weight is 515 g/mol. The van der Waals surface area contributed by atoms with Crippen molar-refractivity contribution in [3.8, 4) is 0 Å². The van der Waals surface area contributed by atoms with Crippen LogP contribution in [0.5, 0.6) is 0 Å². The van der Waals surface area contributed by atoms with Crippen LogP contribution in [0.25, 0.3) is 0 Å². The standard InChI is InChI=1S/C32H66S2/c1-2-3-4-5-6-7-8-9-10-11-12-13-14-15-16-17-18-19-20-21-22-23-24-25-26-27-28-29-30-31-32(33)34/h32-34H,2-31H2,1H3. The number of thiol groups is 2. The molecular weight excluding hydrogens is 448 g/mol. The fourth-order valence-corrected chi connectivity index (χ4v) is 5.54. The Kier molecular flexibility index (Phi) is 32.4. The predicted octanol–water partition coefficient (Wildman–Crippen LogP) is 12.9. The Labute approximate surface area is 228 Å². The van der Waals surface area contributed by atoms with Crippen molar-refractivity contribution in [2.24, 2.45) is 0 Å². The molecule has 34 heavy (non-hydrogen) atoms. The fourth-order valence-electron chi connectivity index (χ4n) is 5.17. The Morgan fingerprint density at radius 3 is 0.647 bits per heavy atom. The summed E-state index contributed by atoms with van der Waals surface area (Å²) in [5, 5.41) is 0. The summed E-state index contributed by atoms with van der Waals surface area (Å²) in [4.78, 5) is 0. The molecule has 206 valence electrons. The van der Waals surface area contributed by atoms with Crippen molar-refractivity contribution in [3.05, 3.63) is 0 Å². The van der Waals surface area contributed by atoms with Gasteiger partial charge in [-0.1, -0.05) is 193 Å². The Balaban J connectivity index is 3.00. The third-order valence-corrected chi connectivity index (χ3v) is 8.08. The Bertz CT molecular complexity index is 342. The molecule has 0 aromatic carbocycles. The molecule has 0 rings (SSSR count). The molecule has 0 aliphatic carbocycles. The van der Waals surface area contributed by atoms with Gasteiger partial charge in [-0.3, -0.25) is 0 Å². The van der Waals surface area contributed by atoms with Gasteiger partial charge >= 0.3 is 0 Å². The summed E-state index contributed by atoms with van der Waals surface area (Å²) in [5.74, 6) is 0. The Morgan fingerprint density at radius 2 is 0.471 bits per heavy atom. The lowest BCUT2D eigenvalue weighted by atomic mass is 10.0. The summed E-state index contributed by atoms with van der Waals surface area (Å²) in [7, 11) is 0. The van der Waals surface area contributed by atoms with Crippen LogP contribution in [0, 0.1) is 0 Å². The summed E-state index contributed by atoms with van der Waals surface area (Å²) in [6, 6.07) is 0. The highest BCUT2D eigenvalue weighted by atomic mass is 32.2. The summed E-state index contributed by atoms with van der Waals surface area (Å²) in [6.45, 7) is 2.31. The van der Waals surface area contributed by atoms with Gasteiger partial charge in [0.15, 0.2) is 0 Å². The summed E-state index contributed by atoms with van der Waals surface area (Å²) >= 11 is 8.65.